The molecule has 0 fully saturated rings. The van der Waals surface area contributed by atoms with Crippen LogP contribution in [0.3, 0.4) is 0 Å². The Morgan fingerprint density at radius 2 is 1.59 bits per heavy atom. The lowest BCUT2D eigenvalue weighted by atomic mass is 9.73. The van der Waals surface area contributed by atoms with Crippen LogP contribution in [0.25, 0.3) is 0 Å². The third kappa shape index (κ3) is 5.78. The predicted molar refractivity (Wildman–Crippen MR) is 108 cm³/mol. The zero-order valence-corrected chi connectivity index (χ0v) is 17.5. The highest BCUT2D eigenvalue weighted by Gasteiger charge is 2.30. The molecule has 148 valence electrons. The molecule has 1 heterocycles. The molecular formula is C22H31NO4. The number of hydrogen-bond donors (Lipinski definition) is 0. The summed E-state index contributed by atoms with van der Waals surface area (Å²) < 4.78 is 5.48. The smallest absolute Gasteiger partial charge is 0.258 e. The van der Waals surface area contributed by atoms with Gasteiger partial charge in [0.25, 0.3) is 11.8 Å². The van der Waals surface area contributed by atoms with E-state index in [1.807, 2.05) is 33.8 Å². The number of nitrogens with zero attached hydrogens (tertiary/aromatic N) is 1. The summed E-state index contributed by atoms with van der Waals surface area (Å²) in [5, 5.41) is 0. The van der Waals surface area contributed by atoms with Gasteiger partial charge in [-0.05, 0) is 29.9 Å². The van der Waals surface area contributed by atoms with Crippen LogP contribution in [-0.4, -0.2) is 25.2 Å². The van der Waals surface area contributed by atoms with Gasteiger partial charge in [-0.15, -0.1) is 0 Å². The number of carbonyl (C=O) groups excluding carboxylic acids is 3. The fourth-order valence-corrected chi connectivity index (χ4v) is 3.53. The second-order valence-corrected chi connectivity index (χ2v) is 7.97. The molecule has 0 radical (unpaired) electrons. The Kier molecular flexibility index (Phi) is 7.52. The molecule has 1 aromatic carbocycles. The average Bonchev–Trinajstić information content (AvgIpc) is 2.94. The molecule has 5 nitrogen and oxygen atoms in total. The number of hydrogen-bond acceptors (Lipinski definition) is 4. The molecule has 27 heavy (non-hydrogen) atoms. The fraction of sp³-hybridized carbons (Fsp3) is 0.500. The van der Waals surface area contributed by atoms with Gasteiger partial charge in [-0.1, -0.05) is 47.6 Å². The summed E-state index contributed by atoms with van der Waals surface area (Å²) in [5.74, 6) is -0.0808. The van der Waals surface area contributed by atoms with Gasteiger partial charge in [0, 0.05) is 23.6 Å². The Balaban J connectivity index is 0.00000176. The van der Waals surface area contributed by atoms with Crippen LogP contribution in [0, 0.1) is 10.8 Å². The molecule has 0 N–H and O–H groups in total. The van der Waals surface area contributed by atoms with Crippen molar-refractivity contribution in [3.63, 3.8) is 0 Å². The maximum atomic E-state index is 11.8. The van der Waals surface area contributed by atoms with Gasteiger partial charge in [0.05, 0.1) is 12.8 Å². The molecule has 0 aromatic heterocycles. The Labute approximate surface area is 162 Å². The lowest BCUT2D eigenvalue weighted by Crippen LogP contribution is -2.29. The van der Waals surface area contributed by atoms with E-state index < -0.39 is 5.41 Å². The van der Waals surface area contributed by atoms with Gasteiger partial charge in [-0.2, -0.15) is 0 Å². The number of aldehydes is 1. The number of imide groups is 1. The highest BCUT2D eigenvalue weighted by Crippen LogP contribution is 2.38. The van der Waals surface area contributed by atoms with Crippen molar-refractivity contribution < 1.29 is 19.1 Å². The third-order valence-corrected chi connectivity index (χ3v) is 4.26. The molecule has 0 unspecified atom stereocenters. The first-order valence-corrected chi connectivity index (χ1v) is 9.28. The van der Waals surface area contributed by atoms with Crippen LogP contribution in [0.15, 0.2) is 30.4 Å². The highest BCUT2D eigenvalue weighted by molar-refractivity contribution is 6.28. The van der Waals surface area contributed by atoms with Gasteiger partial charge < -0.3 is 9.53 Å². The van der Waals surface area contributed by atoms with Crippen LogP contribution in [0.1, 0.15) is 53.5 Å². The number of anilines is 1. The van der Waals surface area contributed by atoms with E-state index in [-0.39, 0.29) is 17.2 Å². The molecule has 0 bridgehead atoms. The SMILES string of the molecule is CC.COc1cc(N2C(=O)C=CC2=O)ccc1CC(C)(C)CC(C)(C)C=O. The average molecular weight is 373 g/mol. The number of ether oxygens (including phenoxy) is 1. The van der Waals surface area contributed by atoms with E-state index in [2.05, 4.69) is 13.8 Å². The first-order chi connectivity index (χ1) is 12.6. The topological polar surface area (TPSA) is 63.7 Å². The lowest BCUT2D eigenvalue weighted by Gasteiger charge is -2.32. The molecule has 0 spiro atoms. The van der Waals surface area contributed by atoms with Crippen molar-refractivity contribution in [2.75, 3.05) is 12.0 Å². The van der Waals surface area contributed by atoms with Crippen LogP contribution in [0.4, 0.5) is 5.69 Å². The van der Waals surface area contributed by atoms with Gasteiger partial charge in [0.15, 0.2) is 0 Å². The minimum absolute atomic E-state index is 0.111. The summed E-state index contributed by atoms with van der Waals surface area (Å²) >= 11 is 0. The van der Waals surface area contributed by atoms with Gasteiger partial charge in [0.2, 0.25) is 0 Å². The van der Waals surface area contributed by atoms with Gasteiger partial charge in [0.1, 0.15) is 12.0 Å². The largest absolute Gasteiger partial charge is 0.496 e. The van der Waals surface area contributed by atoms with Crippen molar-refractivity contribution in [1.82, 2.24) is 0 Å². The minimum Gasteiger partial charge on any atom is -0.496 e. The van der Waals surface area contributed by atoms with Crippen molar-refractivity contribution in [2.45, 2.75) is 54.4 Å². The summed E-state index contributed by atoms with van der Waals surface area (Å²) in [6, 6.07) is 5.34. The van der Waals surface area contributed by atoms with E-state index in [4.69, 9.17) is 4.74 Å². The number of rotatable bonds is 7. The van der Waals surface area contributed by atoms with Crippen LogP contribution >= 0.6 is 0 Å². The molecule has 1 aromatic rings. The van der Waals surface area contributed by atoms with E-state index in [1.165, 1.54) is 12.2 Å². The number of carbonyl (C=O) groups is 3. The van der Waals surface area contributed by atoms with Gasteiger partial charge in [-0.3, -0.25) is 9.59 Å². The molecule has 1 aliphatic rings. The highest BCUT2D eigenvalue weighted by atomic mass is 16.5. The molecule has 0 saturated heterocycles. The Hall–Kier alpha value is -2.43. The van der Waals surface area contributed by atoms with Crippen LogP contribution in [0.2, 0.25) is 0 Å². The van der Waals surface area contributed by atoms with Crippen LogP contribution in [-0.2, 0) is 20.8 Å². The van der Waals surface area contributed by atoms with Crippen molar-refractivity contribution in [2.24, 2.45) is 10.8 Å². The standard InChI is InChI=1S/C20H25NO4.C2H6/c1-19(2,12-20(3,4)13-22)11-14-6-7-15(10-16(14)25-5)21-17(23)8-9-18(21)24;1-2/h6-10,13H,11-12H2,1-5H3;1-2H3. The van der Waals surface area contributed by atoms with Crippen molar-refractivity contribution in [1.29, 1.82) is 0 Å². The van der Waals surface area contributed by atoms with E-state index in [0.29, 0.717) is 17.9 Å². The third-order valence-electron chi connectivity index (χ3n) is 4.26. The Morgan fingerprint density at radius 1 is 1.04 bits per heavy atom. The maximum absolute atomic E-state index is 11.8. The zero-order valence-electron chi connectivity index (χ0n) is 17.5. The van der Waals surface area contributed by atoms with Crippen molar-refractivity contribution in [3.05, 3.63) is 35.9 Å². The zero-order chi connectivity index (χ0) is 20.8. The van der Waals surface area contributed by atoms with Gasteiger partial charge >= 0.3 is 0 Å². The molecule has 5 heteroatoms. The molecule has 0 aliphatic carbocycles. The summed E-state index contributed by atoms with van der Waals surface area (Å²) in [6.07, 6.45) is 4.96. The number of amides is 2. The van der Waals surface area contributed by atoms with E-state index in [9.17, 15) is 14.4 Å². The predicted octanol–water partition coefficient (Wildman–Crippen LogP) is 4.33. The molecule has 2 amide bonds. The monoisotopic (exact) mass is 373 g/mol. The Bertz CT molecular complexity index is 714. The summed E-state index contributed by atoms with van der Waals surface area (Å²) in [6.45, 7) is 12.1. The quantitative estimate of drug-likeness (QED) is 0.527. The lowest BCUT2D eigenvalue weighted by molar-refractivity contribution is -0.120. The fourth-order valence-electron chi connectivity index (χ4n) is 3.53. The molecule has 1 aliphatic heterocycles. The van der Waals surface area contributed by atoms with Crippen LogP contribution in [0.5, 0.6) is 5.75 Å². The van der Waals surface area contributed by atoms with E-state index in [1.54, 1.807) is 19.2 Å². The number of methoxy groups -OCH3 is 1. The second kappa shape index (κ2) is 8.98. The van der Waals surface area contributed by atoms with E-state index in [0.717, 1.165) is 23.2 Å². The number of benzene rings is 1. The second-order valence-electron chi connectivity index (χ2n) is 7.97. The van der Waals surface area contributed by atoms with Crippen molar-refractivity contribution in [3.8, 4) is 5.75 Å². The molecule has 0 atom stereocenters. The van der Waals surface area contributed by atoms with Crippen LogP contribution < -0.4 is 9.64 Å². The van der Waals surface area contributed by atoms with Gasteiger partial charge in [-0.25, -0.2) is 4.90 Å². The Morgan fingerprint density at radius 3 is 2.07 bits per heavy atom. The maximum Gasteiger partial charge on any atom is 0.258 e. The summed E-state index contributed by atoms with van der Waals surface area (Å²) in [7, 11) is 1.57. The normalized spacial score (nSPS) is 14.1. The summed E-state index contributed by atoms with van der Waals surface area (Å²) in [4.78, 5) is 36.0. The molecule has 0 saturated carbocycles. The molecular weight excluding hydrogens is 342 g/mol. The first kappa shape index (κ1) is 22.6. The first-order valence-electron chi connectivity index (χ1n) is 9.28. The minimum atomic E-state index is -0.392. The molecule has 2 rings (SSSR count). The van der Waals surface area contributed by atoms with E-state index >= 15 is 0 Å². The summed E-state index contributed by atoms with van der Waals surface area (Å²) in [5.41, 5.74) is 0.966. The van der Waals surface area contributed by atoms with Crippen molar-refractivity contribution >= 4 is 23.8 Å².